The molecule has 2 aromatic carbocycles. The molecular weight excluding hydrogens is 326 g/mol. The Morgan fingerprint density at radius 3 is 2.08 bits per heavy atom. The van der Waals surface area contributed by atoms with E-state index >= 15 is 0 Å². The first-order chi connectivity index (χ1) is 11.5. The summed E-state index contributed by atoms with van der Waals surface area (Å²) in [4.78, 5) is 12.4. The second kappa shape index (κ2) is 8.60. The highest BCUT2D eigenvalue weighted by Crippen LogP contribution is 2.20. The molecule has 24 heavy (non-hydrogen) atoms. The van der Waals surface area contributed by atoms with Crippen molar-refractivity contribution in [3.8, 4) is 11.5 Å². The first kappa shape index (κ1) is 18.1. The van der Waals surface area contributed by atoms with Crippen molar-refractivity contribution in [3.05, 3.63) is 53.6 Å². The first-order valence-corrected chi connectivity index (χ1v) is 8.35. The van der Waals surface area contributed by atoms with Crippen molar-refractivity contribution in [1.82, 2.24) is 0 Å². The number of nitrogens with one attached hydrogen (secondary N) is 1. The van der Waals surface area contributed by atoms with E-state index in [-0.39, 0.29) is 12.0 Å². The van der Waals surface area contributed by atoms with Crippen LogP contribution in [0.25, 0.3) is 0 Å². The van der Waals surface area contributed by atoms with Gasteiger partial charge >= 0.3 is 0 Å². The van der Waals surface area contributed by atoms with Crippen LogP contribution in [0.4, 0.5) is 5.69 Å². The summed E-state index contributed by atoms with van der Waals surface area (Å²) in [5.74, 6) is 1.19. The molecule has 1 N–H and O–H groups in total. The molecule has 0 aliphatic heterocycles. The number of rotatable bonds is 7. The fourth-order valence-electron chi connectivity index (χ4n) is 2.11. The molecule has 4 nitrogen and oxygen atoms in total. The Morgan fingerprint density at radius 1 is 1.00 bits per heavy atom. The Labute approximate surface area is 147 Å². The number of ether oxygens (including phenoxy) is 2. The lowest BCUT2D eigenvalue weighted by molar-refractivity contribution is -0.122. The predicted octanol–water partition coefficient (Wildman–Crippen LogP) is 4.92. The summed E-state index contributed by atoms with van der Waals surface area (Å²) < 4.78 is 11.3. The van der Waals surface area contributed by atoms with Crippen molar-refractivity contribution in [1.29, 1.82) is 0 Å². The van der Waals surface area contributed by atoms with Crippen molar-refractivity contribution in [2.45, 2.75) is 39.4 Å². The maximum absolute atomic E-state index is 12.4. The SMILES string of the molecule is CC[C@H](Oc1ccc(Cl)cc1)C(=O)Nc1ccc(OC(C)C)cc1. The van der Waals surface area contributed by atoms with E-state index in [2.05, 4.69) is 5.32 Å². The zero-order valence-corrected chi connectivity index (χ0v) is 14.8. The number of carbonyl (C=O) groups is 1. The van der Waals surface area contributed by atoms with Crippen LogP contribution >= 0.6 is 11.6 Å². The molecule has 0 fully saturated rings. The molecule has 2 aromatic rings. The van der Waals surface area contributed by atoms with Crippen molar-refractivity contribution in [2.24, 2.45) is 0 Å². The van der Waals surface area contributed by atoms with E-state index in [0.29, 0.717) is 22.9 Å². The summed E-state index contributed by atoms with van der Waals surface area (Å²) >= 11 is 5.85. The van der Waals surface area contributed by atoms with Crippen LogP contribution in [0.5, 0.6) is 11.5 Å². The van der Waals surface area contributed by atoms with Gasteiger partial charge in [0.1, 0.15) is 11.5 Å². The third kappa shape index (κ3) is 5.46. The van der Waals surface area contributed by atoms with Gasteiger partial charge in [-0.15, -0.1) is 0 Å². The van der Waals surface area contributed by atoms with Crippen LogP contribution in [0.3, 0.4) is 0 Å². The maximum Gasteiger partial charge on any atom is 0.265 e. The van der Waals surface area contributed by atoms with Gasteiger partial charge in [0.2, 0.25) is 0 Å². The number of hydrogen-bond acceptors (Lipinski definition) is 3. The standard InChI is InChI=1S/C19H22ClNO3/c1-4-18(24-17-9-5-14(20)6-10-17)19(22)21-15-7-11-16(12-8-15)23-13(2)3/h5-13,18H,4H2,1-3H3,(H,21,22)/t18-/m0/s1. The Kier molecular flexibility index (Phi) is 6.50. The van der Waals surface area contributed by atoms with Crippen LogP contribution in [0.2, 0.25) is 5.02 Å². The van der Waals surface area contributed by atoms with Crippen molar-refractivity contribution >= 4 is 23.2 Å². The highest BCUT2D eigenvalue weighted by atomic mass is 35.5. The average molecular weight is 348 g/mol. The molecule has 0 heterocycles. The highest BCUT2D eigenvalue weighted by Gasteiger charge is 2.18. The van der Waals surface area contributed by atoms with Crippen molar-refractivity contribution < 1.29 is 14.3 Å². The fraction of sp³-hybridized carbons (Fsp3) is 0.316. The van der Waals surface area contributed by atoms with Crippen LogP contribution in [-0.2, 0) is 4.79 Å². The number of hydrogen-bond donors (Lipinski definition) is 1. The normalized spacial score (nSPS) is 11.9. The number of benzene rings is 2. The van der Waals surface area contributed by atoms with Crippen LogP contribution in [0.15, 0.2) is 48.5 Å². The van der Waals surface area contributed by atoms with E-state index in [1.807, 2.05) is 45.0 Å². The van der Waals surface area contributed by atoms with Gasteiger partial charge in [-0.3, -0.25) is 4.79 Å². The van der Waals surface area contributed by atoms with Crippen molar-refractivity contribution in [2.75, 3.05) is 5.32 Å². The molecule has 128 valence electrons. The lowest BCUT2D eigenvalue weighted by Crippen LogP contribution is -2.32. The van der Waals surface area contributed by atoms with E-state index in [0.717, 1.165) is 5.75 Å². The smallest absolute Gasteiger partial charge is 0.265 e. The van der Waals surface area contributed by atoms with Gasteiger partial charge in [0.05, 0.1) is 6.10 Å². The topological polar surface area (TPSA) is 47.6 Å². The van der Waals surface area contributed by atoms with E-state index < -0.39 is 6.10 Å². The summed E-state index contributed by atoms with van der Waals surface area (Å²) in [5.41, 5.74) is 0.703. The monoisotopic (exact) mass is 347 g/mol. The molecule has 2 rings (SSSR count). The van der Waals surface area contributed by atoms with Gasteiger partial charge in [-0.25, -0.2) is 0 Å². The Morgan fingerprint density at radius 2 is 1.54 bits per heavy atom. The van der Waals surface area contributed by atoms with Gasteiger partial charge in [0.15, 0.2) is 6.10 Å². The molecule has 1 atom stereocenters. The van der Waals surface area contributed by atoms with Gasteiger partial charge in [-0.2, -0.15) is 0 Å². The highest BCUT2D eigenvalue weighted by molar-refractivity contribution is 6.30. The molecule has 0 saturated carbocycles. The number of halogens is 1. The molecule has 0 unspecified atom stereocenters. The summed E-state index contributed by atoms with van der Waals surface area (Å²) in [5, 5.41) is 3.49. The molecule has 0 radical (unpaired) electrons. The number of anilines is 1. The average Bonchev–Trinajstić information content (AvgIpc) is 2.55. The largest absolute Gasteiger partial charge is 0.491 e. The summed E-state index contributed by atoms with van der Waals surface area (Å²) in [6.07, 6.45) is 0.101. The van der Waals surface area contributed by atoms with Gasteiger partial charge in [0.25, 0.3) is 5.91 Å². The molecule has 0 aliphatic carbocycles. The Bertz CT molecular complexity index is 653. The van der Waals surface area contributed by atoms with E-state index in [4.69, 9.17) is 21.1 Å². The fourth-order valence-corrected chi connectivity index (χ4v) is 2.24. The third-order valence-corrected chi connectivity index (χ3v) is 3.50. The molecule has 1 amide bonds. The molecule has 0 aliphatic rings. The van der Waals surface area contributed by atoms with Crippen LogP contribution in [0, 0.1) is 0 Å². The lowest BCUT2D eigenvalue weighted by Gasteiger charge is -2.17. The van der Waals surface area contributed by atoms with Crippen LogP contribution in [0.1, 0.15) is 27.2 Å². The molecule has 0 spiro atoms. The quantitative estimate of drug-likeness (QED) is 0.773. The zero-order valence-electron chi connectivity index (χ0n) is 14.1. The Hall–Kier alpha value is -2.20. The van der Waals surface area contributed by atoms with Crippen LogP contribution < -0.4 is 14.8 Å². The van der Waals surface area contributed by atoms with Gasteiger partial charge in [0, 0.05) is 10.7 Å². The minimum absolute atomic E-state index is 0.114. The van der Waals surface area contributed by atoms with E-state index in [9.17, 15) is 4.79 Å². The second-order valence-corrected chi connectivity index (χ2v) is 6.09. The molecule has 0 aromatic heterocycles. The van der Waals surface area contributed by atoms with Gasteiger partial charge < -0.3 is 14.8 Å². The molecular formula is C19H22ClNO3. The van der Waals surface area contributed by atoms with Crippen molar-refractivity contribution in [3.63, 3.8) is 0 Å². The number of carbonyl (C=O) groups excluding carboxylic acids is 1. The third-order valence-electron chi connectivity index (χ3n) is 3.25. The zero-order chi connectivity index (χ0) is 17.5. The van der Waals surface area contributed by atoms with E-state index in [1.54, 1.807) is 24.3 Å². The molecule has 5 heteroatoms. The predicted molar refractivity (Wildman–Crippen MR) is 97.0 cm³/mol. The molecule has 0 bridgehead atoms. The lowest BCUT2D eigenvalue weighted by atomic mass is 10.2. The first-order valence-electron chi connectivity index (χ1n) is 7.97. The minimum Gasteiger partial charge on any atom is -0.491 e. The maximum atomic E-state index is 12.4. The molecule has 0 saturated heterocycles. The van der Waals surface area contributed by atoms with Gasteiger partial charge in [-0.05, 0) is 68.8 Å². The van der Waals surface area contributed by atoms with Crippen LogP contribution in [-0.4, -0.2) is 18.1 Å². The summed E-state index contributed by atoms with van der Waals surface area (Å²) in [6, 6.07) is 14.2. The van der Waals surface area contributed by atoms with Gasteiger partial charge in [-0.1, -0.05) is 18.5 Å². The summed E-state index contributed by atoms with van der Waals surface area (Å²) in [7, 11) is 0. The second-order valence-electron chi connectivity index (χ2n) is 5.65. The summed E-state index contributed by atoms with van der Waals surface area (Å²) in [6.45, 7) is 5.84. The number of amides is 1. The Balaban J connectivity index is 1.97. The minimum atomic E-state index is -0.572. The van der Waals surface area contributed by atoms with E-state index in [1.165, 1.54) is 0 Å².